The molecule has 0 amide bonds. The highest BCUT2D eigenvalue weighted by Gasteiger charge is 2.08. The third kappa shape index (κ3) is 3.67. The van der Waals surface area contributed by atoms with Gasteiger partial charge in [-0.2, -0.15) is 5.26 Å². The predicted octanol–water partition coefficient (Wildman–Crippen LogP) is 2.77. The van der Waals surface area contributed by atoms with Gasteiger partial charge in [-0.3, -0.25) is 0 Å². The van der Waals surface area contributed by atoms with Crippen LogP contribution in [0.4, 0.5) is 0 Å². The molecule has 0 aliphatic heterocycles. The highest BCUT2D eigenvalue weighted by molar-refractivity contribution is 5.39. The molecule has 92 valence electrons. The van der Waals surface area contributed by atoms with Crippen LogP contribution in [0.15, 0.2) is 18.2 Å². The van der Waals surface area contributed by atoms with Gasteiger partial charge >= 0.3 is 0 Å². The zero-order chi connectivity index (χ0) is 12.8. The molecule has 0 fully saturated rings. The fourth-order valence-corrected chi connectivity index (χ4v) is 1.74. The molecule has 0 unspecified atom stereocenters. The molecule has 0 aromatic heterocycles. The van der Waals surface area contributed by atoms with Gasteiger partial charge in [0.2, 0.25) is 0 Å². The summed E-state index contributed by atoms with van der Waals surface area (Å²) in [6, 6.07) is 6.25. The molecular weight excluding hydrogens is 212 g/mol. The summed E-state index contributed by atoms with van der Waals surface area (Å²) in [5.41, 5.74) is 2.47. The summed E-state index contributed by atoms with van der Waals surface area (Å²) < 4.78 is 5.35. The van der Waals surface area contributed by atoms with Crippen LogP contribution in [0, 0.1) is 11.5 Å². The Labute approximate surface area is 104 Å². The first-order valence-corrected chi connectivity index (χ1v) is 5.86. The van der Waals surface area contributed by atoms with Crippen molar-refractivity contribution in [2.45, 2.75) is 26.2 Å². The molecule has 0 aliphatic carbocycles. The van der Waals surface area contributed by atoms with Crippen molar-refractivity contribution < 1.29 is 4.74 Å². The van der Waals surface area contributed by atoms with E-state index in [9.17, 15) is 0 Å². The summed E-state index contributed by atoms with van der Waals surface area (Å²) in [6.07, 6.45) is 2.99. The Kier molecular flexibility index (Phi) is 4.84. The van der Waals surface area contributed by atoms with Crippen molar-refractivity contribution in [3.63, 3.8) is 0 Å². The number of nitrogens with zero attached hydrogens (tertiary/aromatic N) is 2. The third-order valence-electron chi connectivity index (χ3n) is 2.82. The maximum atomic E-state index is 8.69. The number of ether oxygens (including phenoxy) is 1. The van der Waals surface area contributed by atoms with Crippen molar-refractivity contribution in [2.75, 3.05) is 20.7 Å². The second-order valence-electron chi connectivity index (χ2n) is 4.50. The largest absolute Gasteiger partial charge is 0.496 e. The number of benzene rings is 1. The average molecular weight is 232 g/mol. The first-order chi connectivity index (χ1) is 8.08. The van der Waals surface area contributed by atoms with Gasteiger partial charge in [-0.05, 0) is 29.5 Å². The molecule has 0 saturated carbocycles. The van der Waals surface area contributed by atoms with Crippen molar-refractivity contribution in [1.29, 1.82) is 5.26 Å². The van der Waals surface area contributed by atoms with Crippen LogP contribution in [-0.2, 0) is 6.42 Å². The molecule has 17 heavy (non-hydrogen) atoms. The second kappa shape index (κ2) is 6.15. The van der Waals surface area contributed by atoms with Gasteiger partial charge in [-0.25, -0.2) is 0 Å². The minimum atomic E-state index is 0.443. The summed E-state index contributed by atoms with van der Waals surface area (Å²) in [4.78, 5) is 1.64. The quantitative estimate of drug-likeness (QED) is 0.578. The molecule has 1 aromatic carbocycles. The lowest BCUT2D eigenvalue weighted by molar-refractivity contribution is 0.407. The topological polar surface area (TPSA) is 36.3 Å². The van der Waals surface area contributed by atoms with Gasteiger partial charge in [-0.15, -0.1) is 0 Å². The van der Waals surface area contributed by atoms with E-state index < -0.39 is 0 Å². The van der Waals surface area contributed by atoms with E-state index in [-0.39, 0.29) is 0 Å². The van der Waals surface area contributed by atoms with Crippen molar-refractivity contribution in [2.24, 2.45) is 0 Å². The van der Waals surface area contributed by atoms with Gasteiger partial charge in [0, 0.05) is 13.6 Å². The standard InChI is InChI=1S/C14H20N2O/c1-11(2)13-9-12(5-6-14(13)17-4)7-8-16(3)10-15/h5-6,9,11H,7-8H2,1-4H3. The molecule has 0 atom stereocenters. The van der Waals surface area contributed by atoms with Gasteiger partial charge in [0.15, 0.2) is 6.19 Å². The molecule has 0 heterocycles. The summed E-state index contributed by atoms with van der Waals surface area (Å²) in [7, 11) is 3.50. The average Bonchev–Trinajstić information content (AvgIpc) is 2.35. The zero-order valence-corrected chi connectivity index (χ0v) is 11.0. The van der Waals surface area contributed by atoms with Gasteiger partial charge in [0.1, 0.15) is 5.75 Å². The molecule has 3 heteroatoms. The van der Waals surface area contributed by atoms with Crippen LogP contribution < -0.4 is 4.74 Å². The summed E-state index contributed by atoms with van der Waals surface area (Å²) in [6.45, 7) is 5.06. The maximum Gasteiger partial charge on any atom is 0.179 e. The van der Waals surface area contributed by atoms with Gasteiger partial charge in [-0.1, -0.05) is 26.0 Å². The molecule has 1 aromatic rings. The van der Waals surface area contributed by atoms with Crippen molar-refractivity contribution in [3.05, 3.63) is 29.3 Å². The monoisotopic (exact) mass is 232 g/mol. The molecule has 0 N–H and O–H groups in total. The molecular formula is C14H20N2O. The van der Waals surface area contributed by atoms with Gasteiger partial charge < -0.3 is 9.64 Å². The molecule has 0 spiro atoms. The van der Waals surface area contributed by atoms with Gasteiger partial charge in [0.25, 0.3) is 0 Å². The number of hydrogen-bond donors (Lipinski definition) is 0. The molecule has 1 rings (SSSR count). The van der Waals surface area contributed by atoms with E-state index >= 15 is 0 Å². The number of methoxy groups -OCH3 is 1. The van der Waals surface area contributed by atoms with Crippen LogP contribution in [-0.4, -0.2) is 25.6 Å². The maximum absolute atomic E-state index is 8.69. The molecule has 0 radical (unpaired) electrons. The first kappa shape index (κ1) is 13.4. The van der Waals surface area contributed by atoms with E-state index in [4.69, 9.17) is 10.00 Å². The fourth-order valence-electron chi connectivity index (χ4n) is 1.74. The minimum absolute atomic E-state index is 0.443. The van der Waals surface area contributed by atoms with E-state index in [2.05, 4.69) is 32.2 Å². The van der Waals surface area contributed by atoms with Crippen LogP contribution in [0.1, 0.15) is 30.9 Å². The lowest BCUT2D eigenvalue weighted by atomic mass is 9.98. The number of nitriles is 1. The van der Waals surface area contributed by atoms with E-state index in [1.165, 1.54) is 11.1 Å². The Morgan fingerprint density at radius 3 is 2.65 bits per heavy atom. The van der Waals surface area contributed by atoms with Crippen LogP contribution in [0.25, 0.3) is 0 Å². The predicted molar refractivity (Wildman–Crippen MR) is 69.0 cm³/mol. The van der Waals surface area contributed by atoms with E-state index in [1.54, 1.807) is 19.1 Å². The number of likely N-dealkylation sites (N-methyl/N-ethyl adjacent to an activating group) is 1. The smallest absolute Gasteiger partial charge is 0.179 e. The van der Waals surface area contributed by atoms with E-state index in [0.29, 0.717) is 5.92 Å². The van der Waals surface area contributed by atoms with Crippen LogP contribution in [0.2, 0.25) is 0 Å². The number of hydrogen-bond acceptors (Lipinski definition) is 3. The lowest BCUT2D eigenvalue weighted by Gasteiger charge is -2.14. The summed E-state index contributed by atoms with van der Waals surface area (Å²) >= 11 is 0. The highest BCUT2D eigenvalue weighted by Crippen LogP contribution is 2.27. The SMILES string of the molecule is COc1ccc(CCN(C)C#N)cc1C(C)C. The molecule has 0 bridgehead atoms. The van der Waals surface area contributed by atoms with Crippen LogP contribution in [0.5, 0.6) is 5.75 Å². The number of rotatable bonds is 5. The Morgan fingerprint density at radius 2 is 2.12 bits per heavy atom. The van der Waals surface area contributed by atoms with Crippen LogP contribution in [0.3, 0.4) is 0 Å². The molecule has 0 aliphatic rings. The fraction of sp³-hybridized carbons (Fsp3) is 0.500. The summed E-state index contributed by atoms with van der Waals surface area (Å²) in [5, 5.41) is 8.69. The third-order valence-corrected chi connectivity index (χ3v) is 2.82. The Hall–Kier alpha value is -1.69. The first-order valence-electron chi connectivity index (χ1n) is 5.86. The van der Waals surface area contributed by atoms with Crippen molar-refractivity contribution in [1.82, 2.24) is 4.90 Å². The minimum Gasteiger partial charge on any atom is -0.496 e. The second-order valence-corrected chi connectivity index (χ2v) is 4.50. The zero-order valence-electron chi connectivity index (χ0n) is 11.0. The molecule has 0 saturated heterocycles. The summed E-state index contributed by atoms with van der Waals surface area (Å²) in [5.74, 6) is 1.39. The van der Waals surface area contributed by atoms with Crippen molar-refractivity contribution >= 4 is 0 Å². The normalized spacial score (nSPS) is 10.1. The lowest BCUT2D eigenvalue weighted by Crippen LogP contribution is -2.14. The van der Waals surface area contributed by atoms with E-state index in [1.807, 2.05) is 6.07 Å². The van der Waals surface area contributed by atoms with Crippen molar-refractivity contribution in [3.8, 4) is 11.9 Å². The van der Waals surface area contributed by atoms with Crippen LogP contribution >= 0.6 is 0 Å². The van der Waals surface area contributed by atoms with E-state index in [0.717, 1.165) is 18.7 Å². The Bertz CT molecular complexity index is 407. The Balaban J connectivity index is 2.82. The highest BCUT2D eigenvalue weighted by atomic mass is 16.5. The molecule has 3 nitrogen and oxygen atoms in total. The van der Waals surface area contributed by atoms with Gasteiger partial charge in [0.05, 0.1) is 7.11 Å². The Morgan fingerprint density at radius 1 is 1.41 bits per heavy atom.